The molecule has 0 bridgehead atoms. The van der Waals surface area contributed by atoms with Crippen molar-refractivity contribution in [1.29, 1.82) is 0 Å². The first-order valence-electron chi connectivity index (χ1n) is 11.9. The Morgan fingerprint density at radius 3 is 2.69 bits per heavy atom. The summed E-state index contributed by atoms with van der Waals surface area (Å²) in [5.74, 6) is 6.23. The van der Waals surface area contributed by atoms with E-state index in [1.807, 2.05) is 0 Å². The number of carbonyl (C=O) groups is 2. The quantitative estimate of drug-likeness (QED) is 0.293. The standard InChI is InChI=1S/C25H33IO3/c1-24-8-7-17-16-6-5-15(27)9-14(16)10-18(13-3-4-13)22(17)23(24)19-11-20(19)25(24,2)29-21(28)12-26/h9,13,16-20,22-23H,3-8,10-12H2,1-2H3. The Kier molecular flexibility index (Phi) is 4.21. The molecule has 0 aliphatic heterocycles. The molecule has 5 saturated carbocycles. The molecular weight excluding hydrogens is 475 g/mol. The molecule has 9 unspecified atom stereocenters. The van der Waals surface area contributed by atoms with E-state index in [9.17, 15) is 9.59 Å². The van der Waals surface area contributed by atoms with Crippen molar-refractivity contribution in [3.05, 3.63) is 11.6 Å². The normalized spacial score (nSPS) is 52.6. The smallest absolute Gasteiger partial charge is 0.316 e. The van der Waals surface area contributed by atoms with Gasteiger partial charge in [-0.15, -0.1) is 0 Å². The summed E-state index contributed by atoms with van der Waals surface area (Å²) in [6.45, 7) is 4.75. The Labute approximate surface area is 187 Å². The van der Waals surface area contributed by atoms with Crippen LogP contribution in [0.3, 0.4) is 0 Å². The lowest BCUT2D eigenvalue weighted by Crippen LogP contribution is -2.57. The number of ketones is 1. The molecule has 0 aromatic heterocycles. The first kappa shape index (κ1) is 19.3. The fraction of sp³-hybridized carbons (Fsp3) is 0.840. The van der Waals surface area contributed by atoms with Crippen LogP contribution in [0.2, 0.25) is 0 Å². The lowest BCUT2D eigenvalue weighted by Gasteiger charge is -2.59. The van der Waals surface area contributed by atoms with E-state index in [0.29, 0.717) is 28.0 Å². The molecule has 9 atom stereocenters. The molecule has 5 fully saturated rings. The number of esters is 1. The zero-order valence-electron chi connectivity index (χ0n) is 17.7. The summed E-state index contributed by atoms with van der Waals surface area (Å²) < 4.78 is 6.73. The van der Waals surface area contributed by atoms with Crippen molar-refractivity contribution in [2.75, 3.05) is 4.43 Å². The maximum Gasteiger partial charge on any atom is 0.316 e. The minimum absolute atomic E-state index is 0.0267. The number of hydrogen-bond donors (Lipinski definition) is 0. The van der Waals surface area contributed by atoms with Gasteiger partial charge in [-0.25, -0.2) is 0 Å². The van der Waals surface area contributed by atoms with Gasteiger partial charge >= 0.3 is 5.97 Å². The molecule has 3 nitrogen and oxygen atoms in total. The monoisotopic (exact) mass is 508 g/mol. The van der Waals surface area contributed by atoms with Crippen molar-refractivity contribution < 1.29 is 14.3 Å². The number of hydrogen-bond acceptors (Lipinski definition) is 3. The van der Waals surface area contributed by atoms with E-state index in [4.69, 9.17) is 4.74 Å². The highest BCUT2D eigenvalue weighted by Crippen LogP contribution is 2.78. The average molecular weight is 508 g/mol. The maximum absolute atomic E-state index is 12.4. The first-order valence-corrected chi connectivity index (χ1v) is 13.4. The minimum Gasteiger partial charge on any atom is -0.458 e. The lowest BCUT2D eigenvalue weighted by atomic mass is 9.46. The fourth-order valence-corrected chi connectivity index (χ4v) is 9.17. The van der Waals surface area contributed by atoms with Crippen molar-refractivity contribution in [1.82, 2.24) is 0 Å². The molecule has 0 N–H and O–H groups in total. The van der Waals surface area contributed by atoms with Crippen LogP contribution in [0.1, 0.15) is 65.2 Å². The third-order valence-corrected chi connectivity index (χ3v) is 11.1. The zero-order valence-corrected chi connectivity index (χ0v) is 19.8. The minimum atomic E-state index is -0.275. The van der Waals surface area contributed by atoms with Crippen LogP contribution in [0.4, 0.5) is 0 Å². The molecule has 0 heterocycles. The Morgan fingerprint density at radius 1 is 1.17 bits per heavy atom. The highest BCUT2D eigenvalue weighted by Gasteiger charge is 2.77. The summed E-state index contributed by atoms with van der Waals surface area (Å²) in [6.07, 6.45) is 11.5. The second-order valence-electron chi connectivity index (χ2n) is 11.5. The van der Waals surface area contributed by atoms with Gasteiger partial charge in [0.2, 0.25) is 0 Å². The molecule has 0 amide bonds. The predicted octanol–water partition coefficient (Wildman–Crippen LogP) is 5.36. The van der Waals surface area contributed by atoms with E-state index in [2.05, 4.69) is 42.5 Å². The molecule has 6 rings (SSSR count). The molecular formula is C25H33IO3. The van der Waals surface area contributed by atoms with Gasteiger partial charge in [0.15, 0.2) is 5.78 Å². The Bertz CT molecular complexity index is 800. The summed E-state index contributed by atoms with van der Waals surface area (Å²) >= 11 is 2.14. The average Bonchev–Trinajstić information content (AvgIpc) is 3.59. The highest BCUT2D eigenvalue weighted by atomic mass is 127. The molecule has 4 heteroatoms. The van der Waals surface area contributed by atoms with Crippen molar-refractivity contribution in [3.63, 3.8) is 0 Å². The largest absolute Gasteiger partial charge is 0.458 e. The van der Waals surface area contributed by atoms with E-state index in [0.717, 1.165) is 42.4 Å². The highest BCUT2D eigenvalue weighted by molar-refractivity contribution is 14.1. The third kappa shape index (κ3) is 2.59. The van der Waals surface area contributed by atoms with Crippen LogP contribution < -0.4 is 0 Å². The van der Waals surface area contributed by atoms with Gasteiger partial charge in [0, 0.05) is 17.8 Å². The number of carbonyl (C=O) groups excluding carboxylic acids is 2. The first-order chi connectivity index (χ1) is 13.9. The van der Waals surface area contributed by atoms with E-state index < -0.39 is 0 Å². The van der Waals surface area contributed by atoms with E-state index in [-0.39, 0.29) is 17.0 Å². The van der Waals surface area contributed by atoms with Gasteiger partial charge in [0.05, 0.1) is 4.43 Å². The van der Waals surface area contributed by atoms with Gasteiger partial charge in [-0.1, -0.05) is 35.1 Å². The molecule has 29 heavy (non-hydrogen) atoms. The molecule has 6 aliphatic carbocycles. The second-order valence-corrected chi connectivity index (χ2v) is 12.2. The molecule has 0 radical (unpaired) electrons. The van der Waals surface area contributed by atoms with Crippen LogP contribution in [0, 0.1) is 52.8 Å². The molecule has 0 saturated heterocycles. The Balaban J connectivity index is 1.39. The predicted molar refractivity (Wildman–Crippen MR) is 119 cm³/mol. The van der Waals surface area contributed by atoms with Crippen molar-refractivity contribution in [2.24, 2.45) is 52.8 Å². The number of halogens is 1. The van der Waals surface area contributed by atoms with Gasteiger partial charge in [0.25, 0.3) is 0 Å². The Morgan fingerprint density at radius 2 is 1.97 bits per heavy atom. The summed E-state index contributed by atoms with van der Waals surface area (Å²) in [5, 5.41) is 0. The van der Waals surface area contributed by atoms with Crippen LogP contribution in [0.25, 0.3) is 0 Å². The van der Waals surface area contributed by atoms with Gasteiger partial charge in [-0.3, -0.25) is 9.59 Å². The van der Waals surface area contributed by atoms with Gasteiger partial charge in [-0.05, 0) is 99.4 Å². The van der Waals surface area contributed by atoms with Crippen LogP contribution >= 0.6 is 22.6 Å². The summed E-state index contributed by atoms with van der Waals surface area (Å²) in [7, 11) is 0. The summed E-state index contributed by atoms with van der Waals surface area (Å²) in [4.78, 5) is 24.5. The van der Waals surface area contributed by atoms with Crippen LogP contribution in [-0.4, -0.2) is 21.8 Å². The number of fused-ring (bicyclic) bond motifs is 7. The van der Waals surface area contributed by atoms with Gasteiger partial charge in [0.1, 0.15) is 5.60 Å². The van der Waals surface area contributed by atoms with Gasteiger partial charge < -0.3 is 4.74 Å². The van der Waals surface area contributed by atoms with Crippen LogP contribution in [0.15, 0.2) is 11.6 Å². The molecule has 0 aromatic rings. The summed E-state index contributed by atoms with van der Waals surface area (Å²) in [6, 6.07) is 0. The van der Waals surface area contributed by atoms with Crippen molar-refractivity contribution >= 4 is 34.3 Å². The number of alkyl halides is 1. The number of allylic oxidation sites excluding steroid dienone is 1. The van der Waals surface area contributed by atoms with E-state index >= 15 is 0 Å². The van der Waals surface area contributed by atoms with E-state index in [1.54, 1.807) is 0 Å². The lowest BCUT2D eigenvalue weighted by molar-refractivity contribution is -0.186. The molecule has 158 valence electrons. The molecule has 0 spiro atoms. The topological polar surface area (TPSA) is 43.4 Å². The summed E-state index contributed by atoms with van der Waals surface area (Å²) in [5.41, 5.74) is 1.36. The SMILES string of the molecule is CC12CCC3C4CCC(=O)C=C4CC(C4CC4)C3C1C1CC1C2(C)OC(=O)CI. The number of ether oxygens (including phenoxy) is 1. The van der Waals surface area contributed by atoms with Crippen LogP contribution in [0.5, 0.6) is 0 Å². The maximum atomic E-state index is 12.4. The van der Waals surface area contributed by atoms with E-state index in [1.165, 1.54) is 44.1 Å². The van der Waals surface area contributed by atoms with Gasteiger partial charge in [-0.2, -0.15) is 0 Å². The van der Waals surface area contributed by atoms with Crippen LogP contribution in [-0.2, 0) is 14.3 Å². The fourth-order valence-electron chi connectivity index (χ4n) is 9.01. The van der Waals surface area contributed by atoms with Crippen molar-refractivity contribution in [3.8, 4) is 0 Å². The number of rotatable bonds is 3. The van der Waals surface area contributed by atoms with Crippen molar-refractivity contribution in [2.45, 2.75) is 70.8 Å². The molecule has 6 aliphatic rings. The Hall–Kier alpha value is -0.390. The zero-order chi connectivity index (χ0) is 20.1. The third-order valence-electron chi connectivity index (χ3n) is 10.5. The second kappa shape index (κ2) is 6.32. The molecule has 0 aromatic carbocycles.